The van der Waals surface area contributed by atoms with E-state index in [0.29, 0.717) is 28.5 Å². The molecule has 1 aromatic carbocycles. The van der Waals surface area contributed by atoms with E-state index in [1.54, 1.807) is 6.07 Å². The smallest absolute Gasteiger partial charge is 0.271 e. The van der Waals surface area contributed by atoms with E-state index in [1.165, 1.54) is 43.0 Å². The summed E-state index contributed by atoms with van der Waals surface area (Å²) in [4.78, 5) is 13.3. The van der Waals surface area contributed by atoms with Gasteiger partial charge in [0.25, 0.3) is 11.9 Å². The first-order valence-corrected chi connectivity index (χ1v) is 12.3. The number of nitrogens with zero attached hydrogens (tertiary/aromatic N) is 8. The first-order chi connectivity index (χ1) is 19.1. The Hall–Kier alpha value is -4.87. The van der Waals surface area contributed by atoms with Crippen molar-refractivity contribution in [3.05, 3.63) is 102 Å². The third-order valence-electron chi connectivity index (χ3n) is 6.61. The van der Waals surface area contributed by atoms with Gasteiger partial charge in [-0.3, -0.25) is 14.2 Å². The normalized spacial score (nSPS) is 12.8. The molecule has 202 valence electrons. The van der Waals surface area contributed by atoms with Crippen molar-refractivity contribution in [3.8, 4) is 28.5 Å². The minimum absolute atomic E-state index is 0.199. The number of fused-ring (bicyclic) bond motifs is 1. The number of hydrogen-bond donors (Lipinski definition) is 0. The standard InChI is InChI=1S/C28H22F4N8/c1-16-4-5-17(2)39(16)27-36-25-11-19(10-24(30)40(25)37-27)22-13-33-14-23(35-22)20-12-34-38(15-20)26(28(3,31)32)18-6-8-21(29)9-7-18/h4-15,26H,1-3H3/t26-/m1/s1. The molecule has 0 saturated heterocycles. The predicted molar refractivity (Wildman–Crippen MR) is 139 cm³/mol. The number of pyridine rings is 1. The van der Waals surface area contributed by atoms with Crippen molar-refractivity contribution in [1.29, 1.82) is 0 Å². The van der Waals surface area contributed by atoms with Crippen LogP contribution in [-0.2, 0) is 0 Å². The summed E-state index contributed by atoms with van der Waals surface area (Å²) >= 11 is 0. The van der Waals surface area contributed by atoms with Gasteiger partial charge in [0.1, 0.15) is 11.9 Å². The van der Waals surface area contributed by atoms with Crippen molar-refractivity contribution >= 4 is 5.65 Å². The Balaban J connectivity index is 1.36. The van der Waals surface area contributed by atoms with Crippen LogP contribution < -0.4 is 0 Å². The van der Waals surface area contributed by atoms with Gasteiger partial charge in [-0.25, -0.2) is 18.2 Å². The number of aryl methyl sites for hydroxylation is 2. The predicted octanol–water partition coefficient (Wildman–Crippen LogP) is 5.98. The van der Waals surface area contributed by atoms with E-state index in [9.17, 15) is 13.2 Å². The van der Waals surface area contributed by atoms with Crippen LogP contribution in [0.4, 0.5) is 17.6 Å². The van der Waals surface area contributed by atoms with Crippen LogP contribution in [0.3, 0.4) is 0 Å². The molecule has 0 N–H and O–H groups in total. The summed E-state index contributed by atoms with van der Waals surface area (Å²) in [5.41, 5.74) is 3.84. The average molecular weight is 547 g/mol. The molecule has 5 aromatic heterocycles. The van der Waals surface area contributed by atoms with Crippen LogP contribution in [0.1, 0.15) is 29.9 Å². The zero-order valence-electron chi connectivity index (χ0n) is 21.6. The monoisotopic (exact) mass is 546 g/mol. The van der Waals surface area contributed by atoms with Crippen LogP contribution in [-0.4, -0.2) is 44.8 Å². The van der Waals surface area contributed by atoms with Crippen LogP contribution in [0.25, 0.3) is 34.1 Å². The lowest BCUT2D eigenvalue weighted by atomic mass is 10.0. The van der Waals surface area contributed by atoms with Gasteiger partial charge in [0.15, 0.2) is 5.65 Å². The van der Waals surface area contributed by atoms with E-state index in [2.05, 4.69) is 25.1 Å². The topological polar surface area (TPSA) is 78.7 Å². The molecule has 0 bridgehead atoms. The van der Waals surface area contributed by atoms with Crippen LogP contribution in [0.2, 0.25) is 0 Å². The second-order valence-corrected chi connectivity index (χ2v) is 9.61. The molecule has 6 rings (SSSR count). The molecule has 0 amide bonds. The molecule has 1 atom stereocenters. The molecule has 0 aliphatic heterocycles. The minimum Gasteiger partial charge on any atom is -0.286 e. The Morgan fingerprint density at radius 1 is 0.825 bits per heavy atom. The fraction of sp³-hybridized carbons (Fsp3) is 0.179. The van der Waals surface area contributed by atoms with E-state index in [-0.39, 0.29) is 11.2 Å². The van der Waals surface area contributed by atoms with Gasteiger partial charge in [0, 0.05) is 41.7 Å². The van der Waals surface area contributed by atoms with Gasteiger partial charge in [0.05, 0.1) is 30.0 Å². The highest BCUT2D eigenvalue weighted by Crippen LogP contribution is 2.35. The van der Waals surface area contributed by atoms with Crippen molar-refractivity contribution in [2.75, 3.05) is 0 Å². The maximum Gasteiger partial charge on any atom is 0.271 e. The molecule has 0 radical (unpaired) electrons. The van der Waals surface area contributed by atoms with E-state index < -0.39 is 23.7 Å². The molecule has 0 saturated carbocycles. The molecule has 0 aliphatic rings. The molecule has 12 heteroatoms. The molecular formula is C28H22F4N8. The van der Waals surface area contributed by atoms with Crippen LogP contribution in [0.15, 0.2) is 73.3 Å². The molecule has 40 heavy (non-hydrogen) atoms. The first kappa shape index (κ1) is 25.4. The Morgan fingerprint density at radius 3 is 2.17 bits per heavy atom. The highest BCUT2D eigenvalue weighted by molar-refractivity contribution is 5.67. The fourth-order valence-corrected chi connectivity index (χ4v) is 4.74. The molecule has 0 spiro atoms. The minimum atomic E-state index is -3.20. The second-order valence-electron chi connectivity index (χ2n) is 9.61. The second kappa shape index (κ2) is 9.40. The quantitative estimate of drug-likeness (QED) is 0.190. The molecule has 5 heterocycles. The number of rotatable bonds is 6. The van der Waals surface area contributed by atoms with Crippen LogP contribution in [0.5, 0.6) is 0 Å². The third-order valence-corrected chi connectivity index (χ3v) is 6.61. The maximum atomic E-state index is 15.1. The zero-order chi connectivity index (χ0) is 28.2. The van der Waals surface area contributed by atoms with Gasteiger partial charge < -0.3 is 0 Å². The number of halogens is 4. The largest absolute Gasteiger partial charge is 0.286 e. The first-order valence-electron chi connectivity index (χ1n) is 12.3. The summed E-state index contributed by atoms with van der Waals surface area (Å²) in [5, 5.41) is 8.46. The Bertz CT molecular complexity index is 1830. The van der Waals surface area contributed by atoms with Crippen molar-refractivity contribution in [2.24, 2.45) is 0 Å². The Kier molecular flexibility index (Phi) is 5.97. The number of aromatic nitrogens is 8. The van der Waals surface area contributed by atoms with E-state index in [4.69, 9.17) is 0 Å². The van der Waals surface area contributed by atoms with Gasteiger partial charge in [-0.15, -0.1) is 5.10 Å². The molecule has 6 aromatic rings. The summed E-state index contributed by atoms with van der Waals surface area (Å²) in [6, 6.07) is 10.2. The maximum absolute atomic E-state index is 15.1. The number of alkyl halides is 2. The molecule has 8 nitrogen and oxygen atoms in total. The molecule has 0 aliphatic carbocycles. The SMILES string of the molecule is Cc1ccc(C)n1-c1nc2cc(-c3cncc(-c4cnn([C@H](c5ccc(F)cc5)C(C)(F)F)c4)n3)cc(F)n2n1. The molecular weight excluding hydrogens is 524 g/mol. The average Bonchev–Trinajstić information content (AvgIpc) is 3.63. The van der Waals surface area contributed by atoms with Crippen molar-refractivity contribution < 1.29 is 17.6 Å². The van der Waals surface area contributed by atoms with E-state index in [0.717, 1.165) is 39.6 Å². The highest BCUT2D eigenvalue weighted by Gasteiger charge is 2.37. The van der Waals surface area contributed by atoms with E-state index >= 15 is 4.39 Å². The van der Waals surface area contributed by atoms with Gasteiger partial charge in [-0.05, 0) is 49.7 Å². The zero-order valence-corrected chi connectivity index (χ0v) is 21.6. The number of benzene rings is 1. The van der Waals surface area contributed by atoms with E-state index in [1.807, 2.05) is 30.5 Å². The molecule has 0 unspecified atom stereocenters. The lowest BCUT2D eigenvalue weighted by Gasteiger charge is -2.24. The van der Waals surface area contributed by atoms with Crippen molar-refractivity contribution in [1.82, 2.24) is 38.9 Å². The van der Waals surface area contributed by atoms with Crippen molar-refractivity contribution in [3.63, 3.8) is 0 Å². The van der Waals surface area contributed by atoms with Gasteiger partial charge in [-0.2, -0.15) is 19.0 Å². The third kappa shape index (κ3) is 4.51. The summed E-state index contributed by atoms with van der Waals surface area (Å²) < 4.78 is 61.8. The summed E-state index contributed by atoms with van der Waals surface area (Å²) in [6.45, 7) is 4.60. The number of hydrogen-bond acceptors (Lipinski definition) is 5. The summed E-state index contributed by atoms with van der Waals surface area (Å²) in [6.07, 6.45) is 5.75. The van der Waals surface area contributed by atoms with Gasteiger partial charge >= 0.3 is 0 Å². The highest BCUT2D eigenvalue weighted by atomic mass is 19.3. The lowest BCUT2D eigenvalue weighted by molar-refractivity contribution is -0.0217. The summed E-state index contributed by atoms with van der Waals surface area (Å²) in [5.74, 6) is -4.02. The van der Waals surface area contributed by atoms with Crippen molar-refractivity contribution in [2.45, 2.75) is 32.7 Å². The Labute approximate surface area is 225 Å². The van der Waals surface area contributed by atoms with Gasteiger partial charge in [-0.1, -0.05) is 12.1 Å². The van der Waals surface area contributed by atoms with Crippen LogP contribution in [0, 0.1) is 25.6 Å². The fourth-order valence-electron chi connectivity index (χ4n) is 4.74. The van der Waals surface area contributed by atoms with Crippen LogP contribution >= 0.6 is 0 Å². The summed E-state index contributed by atoms with van der Waals surface area (Å²) in [7, 11) is 0. The van der Waals surface area contributed by atoms with Gasteiger partial charge in [0.2, 0.25) is 5.95 Å². The molecule has 0 fully saturated rings. The Morgan fingerprint density at radius 2 is 1.50 bits per heavy atom. The lowest BCUT2D eigenvalue weighted by Crippen LogP contribution is -2.29.